The van der Waals surface area contributed by atoms with Gasteiger partial charge in [0.2, 0.25) is 15.9 Å². The third kappa shape index (κ3) is 2.91. The molecule has 0 aromatic heterocycles. The Balaban J connectivity index is 2.28. The predicted octanol–water partition coefficient (Wildman–Crippen LogP) is 3.56. The lowest BCUT2D eigenvalue weighted by molar-refractivity contribution is -0.118. The number of aryl methyl sites for hydroxylation is 1. The number of sulfonamides is 1. The molecular formula is C16H14Cl2N2O3S. The maximum absolute atomic E-state index is 12.5. The smallest absolute Gasteiger partial charge is 0.239 e. The molecule has 1 amide bonds. The monoisotopic (exact) mass is 384 g/mol. The molecule has 0 unspecified atom stereocenters. The number of primary sulfonamides is 1. The maximum Gasteiger partial charge on any atom is 0.239 e. The molecule has 0 saturated heterocycles. The van der Waals surface area contributed by atoms with E-state index in [0.717, 1.165) is 11.1 Å². The summed E-state index contributed by atoms with van der Waals surface area (Å²) in [6, 6.07) is 8.13. The van der Waals surface area contributed by atoms with E-state index in [1.807, 2.05) is 0 Å². The molecule has 2 aromatic carbocycles. The number of amides is 1. The first kappa shape index (κ1) is 17.2. The summed E-state index contributed by atoms with van der Waals surface area (Å²) >= 11 is 12.2. The van der Waals surface area contributed by atoms with Crippen LogP contribution in [-0.2, 0) is 21.2 Å². The van der Waals surface area contributed by atoms with Gasteiger partial charge in [0.25, 0.3) is 0 Å². The Morgan fingerprint density at radius 2 is 1.79 bits per heavy atom. The van der Waals surface area contributed by atoms with Crippen LogP contribution >= 0.6 is 23.2 Å². The lowest BCUT2D eigenvalue weighted by Gasteiger charge is -2.31. The summed E-state index contributed by atoms with van der Waals surface area (Å²) in [5.74, 6) is -0.143. The topological polar surface area (TPSA) is 80.5 Å². The number of carbonyl (C=O) groups excluding carboxylic acids is 1. The minimum Gasteiger partial charge on any atom is -0.280 e. The molecule has 1 heterocycles. The number of rotatable bonds is 2. The SMILES string of the molecule is Cc1c(Cl)cccc1N1C(=O)CCc2cc(Cl)c(S(N)(=O)=O)cc21. The van der Waals surface area contributed by atoms with Gasteiger partial charge in [0.05, 0.1) is 16.4 Å². The number of nitrogens with zero attached hydrogens (tertiary/aromatic N) is 1. The highest BCUT2D eigenvalue weighted by Gasteiger charge is 2.29. The fraction of sp³-hybridized carbons (Fsp3) is 0.188. The lowest BCUT2D eigenvalue weighted by Crippen LogP contribution is -2.31. The van der Waals surface area contributed by atoms with Crippen molar-refractivity contribution in [2.45, 2.75) is 24.7 Å². The lowest BCUT2D eigenvalue weighted by atomic mass is 9.99. The Labute approximate surface area is 150 Å². The van der Waals surface area contributed by atoms with Crippen molar-refractivity contribution in [3.63, 3.8) is 0 Å². The van der Waals surface area contributed by atoms with Gasteiger partial charge in [0.15, 0.2) is 0 Å². The van der Waals surface area contributed by atoms with Gasteiger partial charge in [-0.1, -0.05) is 29.3 Å². The van der Waals surface area contributed by atoms with Gasteiger partial charge >= 0.3 is 0 Å². The summed E-state index contributed by atoms with van der Waals surface area (Å²) in [7, 11) is -4.00. The molecule has 1 aliphatic rings. The van der Waals surface area contributed by atoms with Crippen LogP contribution in [0, 0.1) is 6.92 Å². The molecule has 8 heteroatoms. The van der Waals surface area contributed by atoms with Crippen LogP contribution in [0.1, 0.15) is 17.5 Å². The van der Waals surface area contributed by atoms with Crippen molar-refractivity contribution in [1.82, 2.24) is 0 Å². The Morgan fingerprint density at radius 1 is 1.08 bits per heavy atom. The summed E-state index contributed by atoms with van der Waals surface area (Å²) < 4.78 is 23.5. The van der Waals surface area contributed by atoms with Gasteiger partial charge < -0.3 is 0 Å². The highest BCUT2D eigenvalue weighted by atomic mass is 35.5. The van der Waals surface area contributed by atoms with E-state index in [1.54, 1.807) is 31.2 Å². The number of carbonyl (C=O) groups is 1. The normalized spacial score (nSPS) is 14.7. The molecule has 0 atom stereocenters. The molecule has 0 fully saturated rings. The molecular weight excluding hydrogens is 371 g/mol. The Bertz CT molecular complexity index is 958. The first-order chi connectivity index (χ1) is 11.2. The molecule has 0 radical (unpaired) electrons. The second-order valence-electron chi connectivity index (χ2n) is 5.57. The third-order valence-electron chi connectivity index (χ3n) is 4.02. The molecule has 0 aliphatic carbocycles. The van der Waals surface area contributed by atoms with E-state index in [1.165, 1.54) is 11.0 Å². The molecule has 3 rings (SSSR count). The van der Waals surface area contributed by atoms with Crippen molar-refractivity contribution >= 4 is 50.5 Å². The van der Waals surface area contributed by atoms with Crippen molar-refractivity contribution in [3.05, 3.63) is 51.5 Å². The number of halogens is 2. The fourth-order valence-electron chi connectivity index (χ4n) is 2.80. The molecule has 126 valence electrons. The van der Waals surface area contributed by atoms with Crippen molar-refractivity contribution in [2.24, 2.45) is 5.14 Å². The number of hydrogen-bond acceptors (Lipinski definition) is 3. The van der Waals surface area contributed by atoms with Gasteiger partial charge in [0.1, 0.15) is 4.90 Å². The zero-order valence-electron chi connectivity index (χ0n) is 12.7. The van der Waals surface area contributed by atoms with E-state index in [-0.39, 0.29) is 15.8 Å². The van der Waals surface area contributed by atoms with Crippen LogP contribution in [0.4, 0.5) is 11.4 Å². The van der Waals surface area contributed by atoms with Crippen LogP contribution in [0.5, 0.6) is 0 Å². The Hall–Kier alpha value is -1.60. The van der Waals surface area contributed by atoms with Crippen LogP contribution in [0.3, 0.4) is 0 Å². The number of anilines is 2. The van der Waals surface area contributed by atoms with E-state index in [0.29, 0.717) is 29.2 Å². The fourth-order valence-corrected chi connectivity index (χ4v) is 4.09. The zero-order valence-corrected chi connectivity index (χ0v) is 15.0. The summed E-state index contributed by atoms with van der Waals surface area (Å²) in [4.78, 5) is 13.8. The van der Waals surface area contributed by atoms with E-state index in [2.05, 4.69) is 0 Å². The Kier molecular flexibility index (Phi) is 4.34. The molecule has 5 nitrogen and oxygen atoms in total. The summed E-state index contributed by atoms with van der Waals surface area (Å²) in [5, 5.41) is 5.80. The van der Waals surface area contributed by atoms with Crippen LogP contribution in [0.2, 0.25) is 10.0 Å². The summed E-state index contributed by atoms with van der Waals surface area (Å²) in [6.45, 7) is 1.80. The van der Waals surface area contributed by atoms with Gasteiger partial charge in [-0.05, 0) is 48.7 Å². The van der Waals surface area contributed by atoms with E-state index in [9.17, 15) is 13.2 Å². The van der Waals surface area contributed by atoms with Crippen molar-refractivity contribution < 1.29 is 13.2 Å². The number of benzene rings is 2. The maximum atomic E-state index is 12.5. The largest absolute Gasteiger partial charge is 0.280 e. The van der Waals surface area contributed by atoms with Gasteiger partial charge in [0, 0.05) is 11.4 Å². The molecule has 2 aromatic rings. The second kappa shape index (κ2) is 6.04. The minimum atomic E-state index is -4.00. The van der Waals surface area contributed by atoms with E-state index in [4.69, 9.17) is 28.3 Å². The first-order valence-corrected chi connectivity index (χ1v) is 9.43. The van der Waals surface area contributed by atoms with Crippen molar-refractivity contribution in [2.75, 3.05) is 4.90 Å². The summed E-state index contributed by atoms with van der Waals surface area (Å²) in [6.07, 6.45) is 0.777. The molecule has 2 N–H and O–H groups in total. The Morgan fingerprint density at radius 3 is 2.46 bits per heavy atom. The van der Waals surface area contributed by atoms with Crippen LogP contribution < -0.4 is 10.0 Å². The van der Waals surface area contributed by atoms with Crippen LogP contribution in [-0.4, -0.2) is 14.3 Å². The highest BCUT2D eigenvalue weighted by molar-refractivity contribution is 7.89. The van der Waals surface area contributed by atoms with Crippen molar-refractivity contribution in [1.29, 1.82) is 0 Å². The average molecular weight is 385 g/mol. The van der Waals surface area contributed by atoms with E-state index < -0.39 is 10.0 Å². The second-order valence-corrected chi connectivity index (χ2v) is 7.91. The molecule has 0 bridgehead atoms. The minimum absolute atomic E-state index is 0.0494. The third-order valence-corrected chi connectivity index (χ3v) is 5.80. The van der Waals surface area contributed by atoms with Crippen LogP contribution in [0.15, 0.2) is 35.2 Å². The first-order valence-electron chi connectivity index (χ1n) is 7.13. The zero-order chi connectivity index (χ0) is 17.6. The molecule has 24 heavy (non-hydrogen) atoms. The average Bonchev–Trinajstić information content (AvgIpc) is 2.49. The predicted molar refractivity (Wildman–Crippen MR) is 94.5 cm³/mol. The van der Waals surface area contributed by atoms with Crippen molar-refractivity contribution in [3.8, 4) is 0 Å². The standard InChI is InChI=1S/C16H14Cl2N2O3S/c1-9-11(17)3-2-4-13(9)20-14-8-15(24(19,22)23)12(18)7-10(14)5-6-16(20)21/h2-4,7-8H,5-6H2,1H3,(H2,19,22,23). The van der Waals surface area contributed by atoms with Gasteiger partial charge in [-0.25, -0.2) is 13.6 Å². The van der Waals surface area contributed by atoms with Gasteiger partial charge in [-0.3, -0.25) is 9.69 Å². The van der Waals surface area contributed by atoms with E-state index >= 15 is 0 Å². The molecule has 0 spiro atoms. The number of fused-ring (bicyclic) bond motifs is 1. The summed E-state index contributed by atoms with van der Waals surface area (Å²) in [5.41, 5.74) is 2.58. The molecule has 0 saturated carbocycles. The highest BCUT2D eigenvalue weighted by Crippen LogP contribution is 2.40. The number of hydrogen-bond donors (Lipinski definition) is 1. The van der Waals surface area contributed by atoms with Gasteiger partial charge in [-0.2, -0.15) is 0 Å². The van der Waals surface area contributed by atoms with Gasteiger partial charge in [-0.15, -0.1) is 0 Å². The number of nitrogens with two attached hydrogens (primary N) is 1. The quantitative estimate of drug-likeness (QED) is 0.858. The van der Waals surface area contributed by atoms with Crippen LogP contribution in [0.25, 0.3) is 0 Å². The molecule has 1 aliphatic heterocycles.